The van der Waals surface area contributed by atoms with Crippen LogP contribution >= 0.6 is 0 Å². The van der Waals surface area contributed by atoms with E-state index in [1.807, 2.05) is 6.08 Å². The van der Waals surface area contributed by atoms with Crippen LogP contribution in [0.3, 0.4) is 0 Å². The third-order valence-corrected chi connectivity index (χ3v) is 4.77. The smallest absolute Gasteiger partial charge is 0.145 e. The van der Waals surface area contributed by atoms with Gasteiger partial charge in [0.1, 0.15) is 6.29 Å². The van der Waals surface area contributed by atoms with Gasteiger partial charge < -0.3 is 10.2 Å². The summed E-state index contributed by atoms with van der Waals surface area (Å²) in [6.07, 6.45) is 5.27. The molecular formula is C15H22O3. The van der Waals surface area contributed by atoms with Gasteiger partial charge in [0, 0.05) is 12.0 Å². The van der Waals surface area contributed by atoms with Crippen molar-refractivity contribution < 1.29 is 15.0 Å². The molecule has 2 aliphatic carbocycles. The fourth-order valence-electron chi connectivity index (χ4n) is 3.17. The Morgan fingerprint density at radius 1 is 1.50 bits per heavy atom. The minimum atomic E-state index is -0.510. The number of aliphatic hydroxyl groups is 2. The van der Waals surface area contributed by atoms with Crippen LogP contribution in [0.1, 0.15) is 32.6 Å². The highest BCUT2D eigenvalue weighted by Gasteiger charge is 2.58. The van der Waals surface area contributed by atoms with E-state index in [4.69, 9.17) is 0 Å². The molecule has 4 atom stereocenters. The van der Waals surface area contributed by atoms with Crippen LogP contribution in [0.2, 0.25) is 0 Å². The van der Waals surface area contributed by atoms with Gasteiger partial charge in [-0.1, -0.05) is 19.6 Å². The predicted octanol–water partition coefficient (Wildman–Crippen LogP) is 1.85. The van der Waals surface area contributed by atoms with Crippen LogP contribution in [0, 0.1) is 17.3 Å². The summed E-state index contributed by atoms with van der Waals surface area (Å²) >= 11 is 0. The van der Waals surface area contributed by atoms with Crippen molar-refractivity contribution in [2.45, 2.75) is 38.7 Å². The Labute approximate surface area is 108 Å². The molecule has 4 unspecified atom stereocenters. The number of fused-ring (bicyclic) bond motifs is 1. The summed E-state index contributed by atoms with van der Waals surface area (Å²) in [6.45, 7) is 6.15. The number of carbonyl (C=O) groups excluding carboxylic acids is 1. The summed E-state index contributed by atoms with van der Waals surface area (Å²) in [4.78, 5) is 11.0. The van der Waals surface area contributed by atoms with Crippen LogP contribution in [0.4, 0.5) is 0 Å². The van der Waals surface area contributed by atoms with Gasteiger partial charge >= 0.3 is 0 Å². The first-order valence-electron chi connectivity index (χ1n) is 6.65. The fraction of sp³-hybridized carbons (Fsp3) is 0.667. The van der Waals surface area contributed by atoms with E-state index in [9.17, 15) is 15.0 Å². The molecule has 0 saturated heterocycles. The minimum Gasteiger partial charge on any atom is -0.396 e. The van der Waals surface area contributed by atoms with Gasteiger partial charge in [-0.3, -0.25) is 4.79 Å². The zero-order chi connectivity index (χ0) is 13.3. The third kappa shape index (κ3) is 2.29. The van der Waals surface area contributed by atoms with Crippen LogP contribution in [0.25, 0.3) is 0 Å². The molecule has 2 aliphatic rings. The highest BCUT2D eigenvalue weighted by Crippen LogP contribution is 2.61. The first kappa shape index (κ1) is 13.5. The standard InChI is InChI=1S/C15H22O3/c1-10-3-5-12-13(15(12,2)9-17)7-11(8-16)4-6-14(10)18/h7-8,12-14,17-18H,1,3-6,9H2,2H3. The quantitative estimate of drug-likeness (QED) is 0.581. The Morgan fingerprint density at radius 2 is 2.22 bits per heavy atom. The van der Waals surface area contributed by atoms with E-state index in [0.29, 0.717) is 24.7 Å². The van der Waals surface area contributed by atoms with Crippen LogP contribution in [0.5, 0.6) is 0 Å². The Balaban J connectivity index is 2.20. The summed E-state index contributed by atoms with van der Waals surface area (Å²) < 4.78 is 0. The second-order valence-corrected chi connectivity index (χ2v) is 5.91. The largest absolute Gasteiger partial charge is 0.396 e. The monoisotopic (exact) mass is 250 g/mol. The molecule has 0 spiro atoms. The average Bonchev–Trinajstić information content (AvgIpc) is 2.95. The maximum Gasteiger partial charge on any atom is 0.145 e. The average molecular weight is 250 g/mol. The van der Waals surface area contributed by atoms with E-state index in [0.717, 1.165) is 30.3 Å². The van der Waals surface area contributed by atoms with Crippen molar-refractivity contribution in [1.29, 1.82) is 0 Å². The van der Waals surface area contributed by atoms with Gasteiger partial charge in [-0.15, -0.1) is 0 Å². The molecule has 0 radical (unpaired) electrons. The Bertz CT molecular complexity index is 385. The topological polar surface area (TPSA) is 57.5 Å². The molecule has 1 fully saturated rings. The maximum absolute atomic E-state index is 11.0. The van der Waals surface area contributed by atoms with Gasteiger partial charge in [0.2, 0.25) is 0 Å². The van der Waals surface area contributed by atoms with Crippen molar-refractivity contribution in [2.24, 2.45) is 17.3 Å². The maximum atomic E-state index is 11.0. The number of hydrogen-bond acceptors (Lipinski definition) is 3. The van der Waals surface area contributed by atoms with Gasteiger partial charge in [0.25, 0.3) is 0 Å². The van der Waals surface area contributed by atoms with E-state index >= 15 is 0 Å². The number of hydrogen-bond donors (Lipinski definition) is 2. The molecule has 0 bridgehead atoms. The van der Waals surface area contributed by atoms with Crippen LogP contribution in [0.15, 0.2) is 23.8 Å². The van der Waals surface area contributed by atoms with E-state index in [1.54, 1.807) is 0 Å². The van der Waals surface area contributed by atoms with Crippen LogP contribution < -0.4 is 0 Å². The van der Waals surface area contributed by atoms with E-state index in [2.05, 4.69) is 13.5 Å². The zero-order valence-corrected chi connectivity index (χ0v) is 10.9. The molecule has 2 N–H and O–H groups in total. The molecule has 0 heterocycles. The zero-order valence-electron chi connectivity index (χ0n) is 10.9. The second-order valence-electron chi connectivity index (χ2n) is 5.91. The second kappa shape index (κ2) is 4.98. The molecule has 0 aromatic heterocycles. The Morgan fingerprint density at radius 3 is 2.83 bits per heavy atom. The first-order chi connectivity index (χ1) is 8.52. The fourth-order valence-corrected chi connectivity index (χ4v) is 3.17. The molecule has 0 aromatic carbocycles. The van der Waals surface area contributed by atoms with Crippen molar-refractivity contribution in [3.05, 3.63) is 23.8 Å². The van der Waals surface area contributed by atoms with E-state index in [-0.39, 0.29) is 12.0 Å². The highest BCUT2D eigenvalue weighted by atomic mass is 16.3. The lowest BCUT2D eigenvalue weighted by Gasteiger charge is -2.15. The summed E-state index contributed by atoms with van der Waals surface area (Å²) in [7, 11) is 0. The van der Waals surface area contributed by atoms with Gasteiger partial charge in [0.15, 0.2) is 0 Å². The highest BCUT2D eigenvalue weighted by molar-refractivity contribution is 5.73. The summed E-state index contributed by atoms with van der Waals surface area (Å²) in [5, 5.41) is 19.4. The molecule has 2 rings (SSSR count). The van der Waals surface area contributed by atoms with Crippen molar-refractivity contribution >= 4 is 6.29 Å². The molecule has 0 amide bonds. The molecular weight excluding hydrogens is 228 g/mol. The molecule has 18 heavy (non-hydrogen) atoms. The SMILES string of the molecule is C=C1CCC2C(C=C(C=O)CCC1O)C2(C)CO. The minimum absolute atomic E-state index is 0.0934. The molecule has 3 heteroatoms. The van der Waals surface area contributed by atoms with Crippen LogP contribution in [-0.4, -0.2) is 29.2 Å². The lowest BCUT2D eigenvalue weighted by molar-refractivity contribution is -0.105. The van der Waals surface area contributed by atoms with Gasteiger partial charge in [-0.25, -0.2) is 0 Å². The normalized spacial score (nSPS) is 40.7. The summed E-state index contributed by atoms with van der Waals surface area (Å²) in [6, 6.07) is 0. The van der Waals surface area contributed by atoms with E-state index < -0.39 is 6.10 Å². The Kier molecular flexibility index (Phi) is 3.74. The number of allylic oxidation sites excluding steroid dienone is 2. The summed E-state index contributed by atoms with van der Waals surface area (Å²) in [5.74, 6) is 0.699. The van der Waals surface area contributed by atoms with Crippen molar-refractivity contribution in [3.63, 3.8) is 0 Å². The molecule has 100 valence electrons. The molecule has 0 aromatic rings. The number of aliphatic hydroxyl groups excluding tert-OH is 2. The lowest BCUT2D eigenvalue weighted by atomic mass is 9.96. The van der Waals surface area contributed by atoms with Crippen LogP contribution in [-0.2, 0) is 4.79 Å². The first-order valence-corrected chi connectivity index (χ1v) is 6.65. The van der Waals surface area contributed by atoms with Gasteiger partial charge in [-0.2, -0.15) is 0 Å². The number of rotatable bonds is 2. The summed E-state index contributed by atoms with van der Waals surface area (Å²) in [5.41, 5.74) is 1.51. The Hall–Kier alpha value is -0.930. The molecule has 1 saturated carbocycles. The van der Waals surface area contributed by atoms with E-state index in [1.165, 1.54) is 0 Å². The predicted molar refractivity (Wildman–Crippen MR) is 69.9 cm³/mol. The van der Waals surface area contributed by atoms with Crippen molar-refractivity contribution in [3.8, 4) is 0 Å². The lowest BCUT2D eigenvalue weighted by Crippen LogP contribution is -2.11. The van der Waals surface area contributed by atoms with Crippen molar-refractivity contribution in [2.75, 3.05) is 6.61 Å². The third-order valence-electron chi connectivity index (χ3n) is 4.77. The number of aldehydes is 1. The van der Waals surface area contributed by atoms with Gasteiger partial charge in [-0.05, 0) is 48.7 Å². The van der Waals surface area contributed by atoms with Gasteiger partial charge in [0.05, 0.1) is 6.10 Å². The number of carbonyl (C=O) groups is 1. The molecule has 3 nitrogen and oxygen atoms in total. The molecule has 0 aliphatic heterocycles. The van der Waals surface area contributed by atoms with Crippen molar-refractivity contribution in [1.82, 2.24) is 0 Å².